The molecule has 2 rings (SSSR count). The lowest BCUT2D eigenvalue weighted by Gasteiger charge is -1.99. The van der Waals surface area contributed by atoms with Crippen molar-refractivity contribution in [2.75, 3.05) is 0 Å². The van der Waals surface area contributed by atoms with Crippen LogP contribution in [0.5, 0.6) is 5.75 Å². The lowest BCUT2D eigenvalue weighted by molar-refractivity contribution is 0.481. The zero-order chi connectivity index (χ0) is 9.42. The second kappa shape index (κ2) is 3.29. The molecule has 0 saturated carbocycles. The summed E-state index contributed by atoms with van der Waals surface area (Å²) in [4.78, 5) is 0. The molecule has 0 aliphatic heterocycles. The van der Waals surface area contributed by atoms with E-state index in [-0.39, 0.29) is 0 Å². The number of rotatable bonds is 1. The Morgan fingerprint density at radius 3 is 2.85 bits per heavy atom. The van der Waals surface area contributed by atoms with E-state index in [0.29, 0.717) is 12.3 Å². The minimum absolute atomic E-state index is 0.305. The van der Waals surface area contributed by atoms with Gasteiger partial charge < -0.3 is 10.8 Å². The fourth-order valence-electron chi connectivity index (χ4n) is 1.26. The third-order valence-corrected chi connectivity index (χ3v) is 3.47. The van der Waals surface area contributed by atoms with E-state index in [0.717, 1.165) is 19.4 Å². The molecular formula is C9H8BrNOS. The minimum Gasteiger partial charge on any atom is -0.507 e. The molecule has 68 valence electrons. The van der Waals surface area contributed by atoms with Crippen molar-refractivity contribution in [2.45, 2.75) is 6.54 Å². The Bertz CT molecular complexity index is 452. The fraction of sp³-hybridized carbons (Fsp3) is 0.111. The number of phenols is 1. The third-order valence-electron chi connectivity index (χ3n) is 1.88. The van der Waals surface area contributed by atoms with E-state index in [1.54, 1.807) is 17.4 Å². The summed E-state index contributed by atoms with van der Waals surface area (Å²) in [5.74, 6) is 0.305. The van der Waals surface area contributed by atoms with Crippen LogP contribution in [0.25, 0.3) is 10.1 Å². The molecule has 2 nitrogen and oxygen atoms in total. The molecule has 0 amide bonds. The van der Waals surface area contributed by atoms with Gasteiger partial charge in [0, 0.05) is 16.6 Å². The highest BCUT2D eigenvalue weighted by Gasteiger charge is 2.05. The van der Waals surface area contributed by atoms with Gasteiger partial charge in [0.15, 0.2) is 0 Å². The third kappa shape index (κ3) is 1.57. The largest absolute Gasteiger partial charge is 0.507 e. The van der Waals surface area contributed by atoms with Crippen molar-refractivity contribution in [1.29, 1.82) is 0 Å². The monoisotopic (exact) mass is 257 g/mol. The summed E-state index contributed by atoms with van der Waals surface area (Å²) >= 11 is 4.98. The molecule has 0 spiro atoms. The summed E-state index contributed by atoms with van der Waals surface area (Å²) in [5.41, 5.74) is 6.46. The Morgan fingerprint density at radius 2 is 2.15 bits per heavy atom. The summed E-state index contributed by atoms with van der Waals surface area (Å²) in [7, 11) is 0. The minimum atomic E-state index is 0.305. The molecule has 13 heavy (non-hydrogen) atoms. The van der Waals surface area contributed by atoms with Gasteiger partial charge in [-0.2, -0.15) is 0 Å². The van der Waals surface area contributed by atoms with Crippen molar-refractivity contribution in [2.24, 2.45) is 5.73 Å². The normalized spacial score (nSPS) is 10.9. The van der Waals surface area contributed by atoms with Gasteiger partial charge in [0.1, 0.15) is 5.75 Å². The molecule has 0 radical (unpaired) electrons. The number of hydrogen-bond donors (Lipinski definition) is 2. The smallest absolute Gasteiger partial charge is 0.124 e. The van der Waals surface area contributed by atoms with Crippen molar-refractivity contribution in [1.82, 2.24) is 0 Å². The van der Waals surface area contributed by atoms with E-state index < -0.39 is 0 Å². The Kier molecular flexibility index (Phi) is 2.27. The van der Waals surface area contributed by atoms with E-state index in [9.17, 15) is 5.11 Å². The molecule has 1 aromatic carbocycles. The first-order valence-electron chi connectivity index (χ1n) is 3.81. The van der Waals surface area contributed by atoms with Crippen LogP contribution in [0.3, 0.4) is 0 Å². The lowest BCUT2D eigenvalue weighted by atomic mass is 10.1. The standard InChI is InChI=1S/C9H8BrNOS/c10-9-3-6-7(12)1-5(4-11)2-8(6)13-9/h1-3,12H,4,11H2. The Labute approximate surface area is 88.1 Å². The van der Waals surface area contributed by atoms with Crippen molar-refractivity contribution in [3.63, 3.8) is 0 Å². The van der Waals surface area contributed by atoms with Crippen LogP contribution in [0.2, 0.25) is 0 Å². The van der Waals surface area contributed by atoms with Crippen molar-refractivity contribution in [3.8, 4) is 5.75 Å². The topological polar surface area (TPSA) is 46.2 Å². The van der Waals surface area contributed by atoms with Gasteiger partial charge in [0.05, 0.1) is 3.79 Å². The van der Waals surface area contributed by atoms with E-state index in [2.05, 4.69) is 15.9 Å². The Hall–Kier alpha value is -0.580. The molecule has 0 saturated heterocycles. The summed E-state index contributed by atoms with van der Waals surface area (Å²) in [5, 5.41) is 10.5. The quantitative estimate of drug-likeness (QED) is 0.826. The molecule has 1 heterocycles. The molecule has 0 bridgehead atoms. The molecule has 4 heteroatoms. The number of phenolic OH excluding ortho intramolecular Hbond substituents is 1. The fourth-order valence-corrected chi connectivity index (χ4v) is 2.89. The maximum Gasteiger partial charge on any atom is 0.124 e. The average molecular weight is 258 g/mol. The zero-order valence-corrected chi connectivity index (χ0v) is 9.15. The first-order chi connectivity index (χ1) is 6.20. The molecule has 0 fully saturated rings. The summed E-state index contributed by atoms with van der Waals surface area (Å²) in [6.45, 7) is 0.457. The molecular weight excluding hydrogens is 250 g/mol. The second-order valence-electron chi connectivity index (χ2n) is 2.78. The molecule has 0 aliphatic carbocycles. The Morgan fingerprint density at radius 1 is 1.38 bits per heavy atom. The van der Waals surface area contributed by atoms with Crippen molar-refractivity contribution >= 4 is 37.4 Å². The predicted octanol–water partition coefficient (Wildman–Crippen LogP) is 2.83. The highest BCUT2D eigenvalue weighted by atomic mass is 79.9. The molecule has 3 N–H and O–H groups in total. The number of halogens is 1. The van der Waals surface area contributed by atoms with Crippen LogP contribution in [0.1, 0.15) is 5.56 Å². The average Bonchev–Trinajstić information content (AvgIpc) is 2.46. The van der Waals surface area contributed by atoms with Gasteiger partial charge in [-0.15, -0.1) is 11.3 Å². The van der Waals surface area contributed by atoms with Crippen LogP contribution in [-0.2, 0) is 6.54 Å². The van der Waals surface area contributed by atoms with Gasteiger partial charge in [-0.25, -0.2) is 0 Å². The van der Waals surface area contributed by atoms with Crippen LogP contribution in [0.15, 0.2) is 22.0 Å². The maximum atomic E-state index is 9.63. The van der Waals surface area contributed by atoms with Crippen LogP contribution >= 0.6 is 27.3 Å². The number of nitrogens with two attached hydrogens (primary N) is 1. The molecule has 0 unspecified atom stereocenters. The number of benzene rings is 1. The Balaban J connectivity index is 2.75. The van der Waals surface area contributed by atoms with E-state index in [1.807, 2.05) is 12.1 Å². The van der Waals surface area contributed by atoms with Crippen LogP contribution < -0.4 is 5.73 Å². The summed E-state index contributed by atoms with van der Waals surface area (Å²) < 4.78 is 2.08. The van der Waals surface area contributed by atoms with Gasteiger partial charge in [0.25, 0.3) is 0 Å². The van der Waals surface area contributed by atoms with Crippen LogP contribution in [-0.4, -0.2) is 5.11 Å². The zero-order valence-electron chi connectivity index (χ0n) is 6.75. The first-order valence-corrected chi connectivity index (χ1v) is 5.42. The van der Waals surface area contributed by atoms with Crippen LogP contribution in [0.4, 0.5) is 0 Å². The van der Waals surface area contributed by atoms with Crippen molar-refractivity contribution in [3.05, 3.63) is 27.5 Å². The number of fused-ring (bicyclic) bond motifs is 1. The molecule has 1 aromatic heterocycles. The highest BCUT2D eigenvalue weighted by Crippen LogP contribution is 2.35. The highest BCUT2D eigenvalue weighted by molar-refractivity contribution is 9.11. The van der Waals surface area contributed by atoms with E-state index in [1.165, 1.54) is 0 Å². The van der Waals surface area contributed by atoms with Crippen molar-refractivity contribution < 1.29 is 5.11 Å². The van der Waals surface area contributed by atoms with Gasteiger partial charge in [0.2, 0.25) is 0 Å². The number of thiophene rings is 1. The predicted molar refractivity (Wildman–Crippen MR) is 59.1 cm³/mol. The van der Waals surface area contributed by atoms with E-state index >= 15 is 0 Å². The van der Waals surface area contributed by atoms with Gasteiger partial charge in [-0.1, -0.05) is 0 Å². The molecule has 2 aromatic rings. The molecule has 0 atom stereocenters. The number of aromatic hydroxyl groups is 1. The van der Waals surface area contributed by atoms with Crippen LogP contribution in [0, 0.1) is 0 Å². The molecule has 0 aliphatic rings. The van der Waals surface area contributed by atoms with Gasteiger partial charge in [-0.05, 0) is 39.7 Å². The van der Waals surface area contributed by atoms with Gasteiger partial charge in [-0.3, -0.25) is 0 Å². The summed E-state index contributed by atoms with van der Waals surface area (Å²) in [6.07, 6.45) is 0. The first kappa shape index (κ1) is 8.99. The lowest BCUT2D eigenvalue weighted by Crippen LogP contribution is -1.94. The van der Waals surface area contributed by atoms with E-state index in [4.69, 9.17) is 5.73 Å². The maximum absolute atomic E-state index is 9.63. The SMILES string of the molecule is NCc1cc(O)c2cc(Br)sc2c1. The van der Waals surface area contributed by atoms with Gasteiger partial charge >= 0.3 is 0 Å². The number of hydrogen-bond acceptors (Lipinski definition) is 3. The summed E-state index contributed by atoms with van der Waals surface area (Å²) in [6, 6.07) is 5.63. The second-order valence-corrected chi connectivity index (χ2v) is 5.24.